The Morgan fingerprint density at radius 3 is 2.56 bits per heavy atom. The van der Waals surface area contributed by atoms with Gasteiger partial charge >= 0.3 is 12.0 Å². The molecule has 16 heavy (non-hydrogen) atoms. The molecule has 0 aromatic heterocycles. The molecule has 0 aromatic carbocycles. The lowest BCUT2D eigenvalue weighted by molar-refractivity contribution is -0.144. The maximum atomic E-state index is 12.3. The quantitative estimate of drug-likeness (QED) is 0.560. The van der Waals surface area contributed by atoms with Gasteiger partial charge in [-0.1, -0.05) is 0 Å². The smallest absolute Gasteiger partial charge is 0.323 e. The van der Waals surface area contributed by atoms with Crippen LogP contribution in [0.5, 0.6) is 0 Å². The SMILES string of the molecule is CCOC(=O)[C@@H](N)CSCCC(F)=C(F)F. The highest BCUT2D eigenvalue weighted by Crippen LogP contribution is 2.16. The number of nitrogens with two attached hydrogens (primary N) is 1. The normalized spacial score (nSPS) is 12.1. The van der Waals surface area contributed by atoms with Gasteiger partial charge in [0.2, 0.25) is 0 Å². The number of hydrogen-bond acceptors (Lipinski definition) is 4. The van der Waals surface area contributed by atoms with Gasteiger partial charge in [0, 0.05) is 12.2 Å². The first-order valence-corrected chi connectivity index (χ1v) is 5.84. The van der Waals surface area contributed by atoms with E-state index >= 15 is 0 Å². The second kappa shape index (κ2) is 8.46. The van der Waals surface area contributed by atoms with E-state index in [-0.39, 0.29) is 24.5 Å². The average molecular weight is 257 g/mol. The molecule has 3 nitrogen and oxygen atoms in total. The second-order valence-electron chi connectivity index (χ2n) is 2.85. The third-order valence-electron chi connectivity index (χ3n) is 1.56. The van der Waals surface area contributed by atoms with Crippen LogP contribution in [0.15, 0.2) is 11.9 Å². The summed E-state index contributed by atoms with van der Waals surface area (Å²) in [6.07, 6.45) is -2.65. The van der Waals surface area contributed by atoms with E-state index in [0.717, 1.165) is 11.8 Å². The third-order valence-corrected chi connectivity index (χ3v) is 2.65. The third kappa shape index (κ3) is 6.73. The van der Waals surface area contributed by atoms with Crippen molar-refractivity contribution in [3.8, 4) is 0 Å². The second-order valence-corrected chi connectivity index (χ2v) is 4.00. The van der Waals surface area contributed by atoms with Crippen molar-refractivity contribution in [1.29, 1.82) is 0 Å². The molecule has 0 bridgehead atoms. The lowest BCUT2D eigenvalue weighted by Gasteiger charge is -2.09. The van der Waals surface area contributed by atoms with Crippen molar-refractivity contribution < 1.29 is 22.7 Å². The summed E-state index contributed by atoms with van der Waals surface area (Å²) >= 11 is 1.13. The number of halogens is 3. The number of carbonyl (C=O) groups is 1. The standard InChI is InChI=1S/C9H14F3NO2S/c1-2-15-9(14)7(13)5-16-4-3-6(10)8(11)12/h7H,2-5,13H2,1H3/t7-/m0/s1. The van der Waals surface area contributed by atoms with Gasteiger partial charge in [-0.2, -0.15) is 20.5 Å². The summed E-state index contributed by atoms with van der Waals surface area (Å²) < 4.78 is 40.2. The predicted octanol–water partition coefficient (Wildman–Crippen LogP) is 2.08. The molecule has 2 N–H and O–H groups in total. The Morgan fingerprint density at radius 1 is 1.44 bits per heavy atom. The van der Waals surface area contributed by atoms with Gasteiger partial charge in [-0.3, -0.25) is 4.79 Å². The van der Waals surface area contributed by atoms with Gasteiger partial charge in [0.1, 0.15) is 6.04 Å². The highest BCUT2D eigenvalue weighted by Gasteiger charge is 2.14. The lowest BCUT2D eigenvalue weighted by Crippen LogP contribution is -2.34. The zero-order valence-electron chi connectivity index (χ0n) is 8.84. The summed E-state index contributed by atoms with van der Waals surface area (Å²) in [6, 6.07) is -0.799. The van der Waals surface area contributed by atoms with Crippen molar-refractivity contribution in [2.24, 2.45) is 5.73 Å². The Labute approximate surface area is 96.2 Å². The van der Waals surface area contributed by atoms with Crippen LogP contribution in [0, 0.1) is 0 Å². The van der Waals surface area contributed by atoms with E-state index in [1.807, 2.05) is 0 Å². The summed E-state index contributed by atoms with van der Waals surface area (Å²) in [5.74, 6) is -1.59. The molecule has 0 radical (unpaired) electrons. The molecule has 0 aliphatic carbocycles. The van der Waals surface area contributed by atoms with E-state index in [1.54, 1.807) is 6.92 Å². The minimum atomic E-state index is -2.30. The molecule has 0 saturated carbocycles. The molecule has 0 aliphatic heterocycles. The maximum Gasteiger partial charge on any atom is 0.323 e. The van der Waals surface area contributed by atoms with Gasteiger partial charge in [-0.05, 0) is 12.7 Å². The van der Waals surface area contributed by atoms with Gasteiger partial charge in [-0.15, -0.1) is 0 Å². The van der Waals surface area contributed by atoms with E-state index < -0.39 is 23.9 Å². The summed E-state index contributed by atoms with van der Waals surface area (Å²) in [7, 11) is 0. The molecular formula is C9H14F3NO2S. The molecule has 7 heteroatoms. The number of hydrogen-bond donors (Lipinski definition) is 1. The lowest BCUT2D eigenvalue weighted by atomic mass is 10.4. The van der Waals surface area contributed by atoms with E-state index in [4.69, 9.17) is 5.73 Å². The molecule has 94 valence electrons. The van der Waals surface area contributed by atoms with E-state index in [0.29, 0.717) is 0 Å². The number of ether oxygens (including phenoxy) is 1. The van der Waals surface area contributed by atoms with Crippen molar-refractivity contribution in [2.75, 3.05) is 18.1 Å². The van der Waals surface area contributed by atoms with E-state index in [1.165, 1.54) is 0 Å². The van der Waals surface area contributed by atoms with Crippen LogP contribution in [0.3, 0.4) is 0 Å². The number of allylic oxidation sites excluding steroid dienone is 1. The Hall–Kier alpha value is -0.690. The number of rotatable bonds is 7. The number of esters is 1. The summed E-state index contributed by atoms with van der Waals surface area (Å²) in [6.45, 7) is 1.89. The zero-order chi connectivity index (χ0) is 12.6. The van der Waals surface area contributed by atoms with Crippen LogP contribution in [0.1, 0.15) is 13.3 Å². The van der Waals surface area contributed by atoms with Crippen molar-refractivity contribution in [3.63, 3.8) is 0 Å². The molecule has 0 rings (SSSR count). The first-order chi connectivity index (χ1) is 7.49. The highest BCUT2D eigenvalue weighted by molar-refractivity contribution is 7.99. The monoisotopic (exact) mass is 257 g/mol. The van der Waals surface area contributed by atoms with Crippen LogP contribution in [0.2, 0.25) is 0 Å². The fourth-order valence-electron chi connectivity index (χ4n) is 0.784. The minimum absolute atomic E-state index is 0.149. The molecular weight excluding hydrogens is 243 g/mol. The molecule has 0 fully saturated rings. The van der Waals surface area contributed by atoms with Gasteiger partial charge in [-0.25, -0.2) is 4.39 Å². The molecule has 0 aliphatic rings. The van der Waals surface area contributed by atoms with E-state index in [9.17, 15) is 18.0 Å². The van der Waals surface area contributed by atoms with Crippen LogP contribution < -0.4 is 5.73 Å². The molecule has 0 heterocycles. The number of thioether (sulfide) groups is 1. The Kier molecular flexibility index (Phi) is 8.10. The zero-order valence-corrected chi connectivity index (χ0v) is 9.66. The Bertz CT molecular complexity index is 257. The molecule has 0 spiro atoms. The van der Waals surface area contributed by atoms with Crippen molar-refractivity contribution in [1.82, 2.24) is 0 Å². The molecule has 0 aromatic rings. The fourth-order valence-corrected chi connectivity index (χ4v) is 1.66. The summed E-state index contributed by atoms with van der Waals surface area (Å²) in [5, 5.41) is 0. The molecule has 0 unspecified atom stereocenters. The van der Waals surface area contributed by atoms with Crippen molar-refractivity contribution in [2.45, 2.75) is 19.4 Å². The highest BCUT2D eigenvalue weighted by atomic mass is 32.2. The summed E-state index contributed by atoms with van der Waals surface area (Å²) in [5.41, 5.74) is 5.43. The number of carbonyl (C=O) groups excluding carboxylic acids is 1. The fraction of sp³-hybridized carbons (Fsp3) is 0.667. The van der Waals surface area contributed by atoms with Crippen molar-refractivity contribution in [3.05, 3.63) is 11.9 Å². The van der Waals surface area contributed by atoms with Crippen LogP contribution in [0.4, 0.5) is 13.2 Å². The van der Waals surface area contributed by atoms with Gasteiger partial charge in [0.15, 0.2) is 5.83 Å². The van der Waals surface area contributed by atoms with Crippen LogP contribution >= 0.6 is 11.8 Å². The predicted molar refractivity (Wildman–Crippen MR) is 56.9 cm³/mol. The Balaban J connectivity index is 3.67. The van der Waals surface area contributed by atoms with E-state index in [2.05, 4.69) is 4.74 Å². The molecule has 0 saturated heterocycles. The molecule has 1 atom stereocenters. The van der Waals surface area contributed by atoms with Crippen LogP contribution in [-0.4, -0.2) is 30.1 Å². The topological polar surface area (TPSA) is 52.3 Å². The van der Waals surface area contributed by atoms with Gasteiger partial charge in [0.05, 0.1) is 6.61 Å². The average Bonchev–Trinajstić information content (AvgIpc) is 2.23. The van der Waals surface area contributed by atoms with Gasteiger partial charge in [0.25, 0.3) is 0 Å². The van der Waals surface area contributed by atoms with Gasteiger partial charge < -0.3 is 10.5 Å². The van der Waals surface area contributed by atoms with Crippen molar-refractivity contribution >= 4 is 17.7 Å². The Morgan fingerprint density at radius 2 is 2.06 bits per heavy atom. The minimum Gasteiger partial charge on any atom is -0.465 e. The first-order valence-electron chi connectivity index (χ1n) is 4.68. The largest absolute Gasteiger partial charge is 0.465 e. The first kappa shape index (κ1) is 15.3. The van der Waals surface area contributed by atoms with Crippen LogP contribution in [-0.2, 0) is 9.53 Å². The van der Waals surface area contributed by atoms with Crippen LogP contribution in [0.25, 0.3) is 0 Å². The molecule has 0 amide bonds. The summed E-state index contributed by atoms with van der Waals surface area (Å²) in [4.78, 5) is 11.0. The maximum absolute atomic E-state index is 12.3.